The minimum atomic E-state index is -0.425. The van der Waals surface area contributed by atoms with Crippen LogP contribution < -0.4 is 11.1 Å². The maximum absolute atomic E-state index is 11.0. The van der Waals surface area contributed by atoms with Crippen LogP contribution in [0.1, 0.15) is 31.4 Å². The molecule has 0 unspecified atom stereocenters. The van der Waals surface area contributed by atoms with Gasteiger partial charge in [-0.05, 0) is 50.9 Å². The predicted octanol–water partition coefficient (Wildman–Crippen LogP) is 0.895. The minimum absolute atomic E-state index is 0.266. The molecule has 1 fully saturated rings. The minimum Gasteiger partial charge on any atom is -0.387 e. The van der Waals surface area contributed by atoms with E-state index in [0.29, 0.717) is 12.5 Å². The second-order valence-electron chi connectivity index (χ2n) is 6.20. The van der Waals surface area contributed by atoms with E-state index in [2.05, 4.69) is 10.2 Å². The Hall–Kier alpha value is -1.43. The SMILES string of the molecule is C[C@@H](NCC1CCN(C[C@@H](O)c2ccccc2)CC1)C(N)=O. The summed E-state index contributed by atoms with van der Waals surface area (Å²) in [4.78, 5) is 13.3. The summed E-state index contributed by atoms with van der Waals surface area (Å²) in [6.45, 7) is 5.29. The molecular weight excluding hydrogens is 278 g/mol. The molecule has 22 heavy (non-hydrogen) atoms. The third-order valence-corrected chi connectivity index (χ3v) is 4.46. The van der Waals surface area contributed by atoms with E-state index in [4.69, 9.17) is 5.73 Å². The Bertz CT molecular complexity index is 458. The van der Waals surface area contributed by atoms with Crippen LogP contribution in [-0.4, -0.2) is 48.1 Å². The zero-order valence-electron chi connectivity index (χ0n) is 13.2. The molecule has 1 amide bonds. The van der Waals surface area contributed by atoms with Crippen molar-refractivity contribution in [3.8, 4) is 0 Å². The van der Waals surface area contributed by atoms with Crippen molar-refractivity contribution < 1.29 is 9.90 Å². The second-order valence-corrected chi connectivity index (χ2v) is 6.20. The van der Waals surface area contributed by atoms with E-state index in [9.17, 15) is 9.90 Å². The molecule has 0 spiro atoms. The summed E-state index contributed by atoms with van der Waals surface area (Å²) in [7, 11) is 0. The highest BCUT2D eigenvalue weighted by Gasteiger charge is 2.22. The van der Waals surface area contributed by atoms with E-state index in [1.165, 1.54) is 0 Å². The van der Waals surface area contributed by atoms with Crippen LogP contribution in [0.2, 0.25) is 0 Å². The molecule has 0 aliphatic carbocycles. The van der Waals surface area contributed by atoms with Gasteiger partial charge in [0, 0.05) is 6.54 Å². The molecule has 0 saturated carbocycles. The molecule has 1 aliphatic heterocycles. The van der Waals surface area contributed by atoms with Gasteiger partial charge >= 0.3 is 0 Å². The molecule has 2 rings (SSSR count). The maximum atomic E-state index is 11.0. The molecule has 1 heterocycles. The fourth-order valence-electron chi connectivity index (χ4n) is 2.84. The number of carbonyl (C=O) groups is 1. The van der Waals surface area contributed by atoms with Gasteiger partial charge in [-0.2, -0.15) is 0 Å². The Morgan fingerprint density at radius 2 is 2.00 bits per heavy atom. The number of carbonyl (C=O) groups excluding carboxylic acids is 1. The Kier molecular flexibility index (Phi) is 6.36. The van der Waals surface area contributed by atoms with Crippen LogP contribution >= 0.6 is 0 Å². The number of hydrogen-bond acceptors (Lipinski definition) is 4. The van der Waals surface area contributed by atoms with Gasteiger partial charge in [-0.3, -0.25) is 4.79 Å². The van der Waals surface area contributed by atoms with Gasteiger partial charge in [0.2, 0.25) is 5.91 Å². The smallest absolute Gasteiger partial charge is 0.234 e. The number of nitrogens with one attached hydrogen (secondary N) is 1. The first-order valence-corrected chi connectivity index (χ1v) is 8.04. The molecule has 1 aromatic carbocycles. The third kappa shape index (κ3) is 5.09. The predicted molar refractivity (Wildman–Crippen MR) is 87.2 cm³/mol. The number of benzene rings is 1. The monoisotopic (exact) mass is 305 g/mol. The molecule has 5 heteroatoms. The first kappa shape index (κ1) is 16.9. The number of nitrogens with two attached hydrogens (primary N) is 1. The van der Waals surface area contributed by atoms with Gasteiger partial charge in [0.1, 0.15) is 0 Å². The molecule has 1 aromatic rings. The number of piperidine rings is 1. The molecule has 122 valence electrons. The first-order chi connectivity index (χ1) is 10.6. The summed E-state index contributed by atoms with van der Waals surface area (Å²) in [5, 5.41) is 13.5. The normalized spacial score (nSPS) is 19.7. The number of amides is 1. The Balaban J connectivity index is 1.70. The van der Waals surface area contributed by atoms with Gasteiger partial charge in [0.15, 0.2) is 0 Å². The van der Waals surface area contributed by atoms with Crippen molar-refractivity contribution in [1.82, 2.24) is 10.2 Å². The van der Waals surface area contributed by atoms with Crippen LogP contribution in [0.3, 0.4) is 0 Å². The molecule has 4 N–H and O–H groups in total. The van der Waals surface area contributed by atoms with Gasteiger partial charge in [-0.25, -0.2) is 0 Å². The highest BCUT2D eigenvalue weighted by atomic mass is 16.3. The van der Waals surface area contributed by atoms with Crippen LogP contribution in [0, 0.1) is 5.92 Å². The van der Waals surface area contributed by atoms with Crippen molar-refractivity contribution in [2.75, 3.05) is 26.2 Å². The van der Waals surface area contributed by atoms with Crippen molar-refractivity contribution >= 4 is 5.91 Å². The van der Waals surface area contributed by atoms with E-state index in [-0.39, 0.29) is 11.9 Å². The van der Waals surface area contributed by atoms with Gasteiger partial charge < -0.3 is 21.1 Å². The summed E-state index contributed by atoms with van der Waals surface area (Å²) in [6, 6.07) is 9.53. The van der Waals surface area contributed by atoms with E-state index in [0.717, 1.165) is 38.0 Å². The van der Waals surface area contributed by atoms with Crippen molar-refractivity contribution in [3.05, 3.63) is 35.9 Å². The number of likely N-dealkylation sites (tertiary alicyclic amines) is 1. The molecule has 5 nitrogen and oxygen atoms in total. The zero-order chi connectivity index (χ0) is 15.9. The highest BCUT2D eigenvalue weighted by molar-refractivity contribution is 5.79. The van der Waals surface area contributed by atoms with E-state index in [1.54, 1.807) is 6.92 Å². The number of primary amides is 1. The summed E-state index contributed by atoms with van der Waals surface area (Å²) in [5.74, 6) is 0.273. The Morgan fingerprint density at radius 3 is 2.59 bits per heavy atom. The topological polar surface area (TPSA) is 78.6 Å². The average molecular weight is 305 g/mol. The Morgan fingerprint density at radius 1 is 1.36 bits per heavy atom. The van der Waals surface area contributed by atoms with Crippen molar-refractivity contribution in [2.24, 2.45) is 11.7 Å². The second kappa shape index (κ2) is 8.27. The standard InChI is InChI=1S/C17H27N3O2/c1-13(17(18)22)19-11-14-7-9-20(10-8-14)12-16(21)15-5-3-2-4-6-15/h2-6,13-14,16,19,21H,7-12H2,1H3,(H2,18,22)/t13-,16-/m1/s1. The fourth-order valence-corrected chi connectivity index (χ4v) is 2.84. The molecule has 0 bridgehead atoms. The number of aliphatic hydroxyl groups is 1. The third-order valence-electron chi connectivity index (χ3n) is 4.46. The summed E-state index contributed by atoms with van der Waals surface area (Å²) in [5.41, 5.74) is 6.22. The molecule has 2 atom stereocenters. The number of β-amino-alcohol motifs (C(OH)–C–C–N with tert-alkyl or cyclic N) is 1. The number of hydrogen-bond donors (Lipinski definition) is 3. The van der Waals surface area contributed by atoms with Crippen LogP contribution in [0.5, 0.6) is 0 Å². The van der Waals surface area contributed by atoms with Gasteiger partial charge in [0.25, 0.3) is 0 Å². The van der Waals surface area contributed by atoms with Crippen LogP contribution in [0.25, 0.3) is 0 Å². The molecule has 1 aliphatic rings. The zero-order valence-corrected chi connectivity index (χ0v) is 13.2. The summed E-state index contributed by atoms with van der Waals surface area (Å²) in [6.07, 6.45) is 1.74. The van der Waals surface area contributed by atoms with Crippen molar-refractivity contribution in [1.29, 1.82) is 0 Å². The van der Waals surface area contributed by atoms with Crippen LogP contribution in [0.4, 0.5) is 0 Å². The van der Waals surface area contributed by atoms with Crippen molar-refractivity contribution in [3.63, 3.8) is 0 Å². The number of nitrogens with zero attached hydrogens (tertiary/aromatic N) is 1. The van der Waals surface area contributed by atoms with Crippen molar-refractivity contribution in [2.45, 2.75) is 31.9 Å². The first-order valence-electron chi connectivity index (χ1n) is 8.04. The van der Waals surface area contributed by atoms with Crippen LogP contribution in [0.15, 0.2) is 30.3 Å². The number of aliphatic hydroxyl groups excluding tert-OH is 1. The lowest BCUT2D eigenvalue weighted by molar-refractivity contribution is -0.119. The largest absolute Gasteiger partial charge is 0.387 e. The lowest BCUT2D eigenvalue weighted by Gasteiger charge is -2.33. The maximum Gasteiger partial charge on any atom is 0.234 e. The number of rotatable bonds is 7. The quantitative estimate of drug-likeness (QED) is 0.699. The van der Waals surface area contributed by atoms with E-state index >= 15 is 0 Å². The fraction of sp³-hybridized carbons (Fsp3) is 0.588. The summed E-state index contributed by atoms with van der Waals surface area (Å²) < 4.78 is 0. The molecule has 0 radical (unpaired) electrons. The lowest BCUT2D eigenvalue weighted by Crippen LogP contribution is -2.44. The lowest BCUT2D eigenvalue weighted by atomic mass is 9.96. The molecule has 0 aromatic heterocycles. The molecular formula is C17H27N3O2. The highest BCUT2D eigenvalue weighted by Crippen LogP contribution is 2.20. The van der Waals surface area contributed by atoms with Gasteiger partial charge in [0.05, 0.1) is 12.1 Å². The van der Waals surface area contributed by atoms with Gasteiger partial charge in [-0.1, -0.05) is 30.3 Å². The van der Waals surface area contributed by atoms with E-state index < -0.39 is 6.10 Å². The average Bonchev–Trinajstić information content (AvgIpc) is 2.54. The van der Waals surface area contributed by atoms with E-state index in [1.807, 2.05) is 30.3 Å². The molecule has 1 saturated heterocycles. The Labute approximate surface area is 132 Å². The van der Waals surface area contributed by atoms with Gasteiger partial charge in [-0.15, -0.1) is 0 Å². The van der Waals surface area contributed by atoms with Crippen LogP contribution in [-0.2, 0) is 4.79 Å². The summed E-state index contributed by atoms with van der Waals surface area (Å²) >= 11 is 0.